The van der Waals surface area contributed by atoms with E-state index in [-0.39, 0.29) is 17.2 Å². The number of pyridine rings is 2. The van der Waals surface area contributed by atoms with E-state index in [4.69, 9.17) is 16.2 Å². The molecule has 1 aliphatic heterocycles. The molecular weight excluding hydrogens is 334 g/mol. The second-order valence-electron chi connectivity index (χ2n) is 5.98. The average Bonchev–Trinajstić information content (AvgIpc) is 2.68. The summed E-state index contributed by atoms with van der Waals surface area (Å²) in [5, 5.41) is 12.2. The summed E-state index contributed by atoms with van der Waals surface area (Å²) < 4.78 is 5.36. The van der Waals surface area contributed by atoms with Gasteiger partial charge < -0.3 is 21.1 Å². The molecule has 0 aromatic carbocycles. The summed E-state index contributed by atoms with van der Waals surface area (Å²) in [7, 11) is 0. The average molecular weight is 353 g/mol. The molecule has 0 unspecified atom stereocenters. The van der Waals surface area contributed by atoms with Crippen molar-refractivity contribution in [2.75, 3.05) is 42.7 Å². The zero-order chi connectivity index (χ0) is 18.7. The largest absolute Gasteiger partial charge is 0.397 e. The molecule has 0 radical (unpaired) electrons. The lowest BCUT2D eigenvalue weighted by atomic mass is 10.0. The number of hydrogen-bond donors (Lipinski definition) is 2. The Hall–Kier alpha value is -3.25. The van der Waals surface area contributed by atoms with Crippen molar-refractivity contribution in [3.63, 3.8) is 0 Å². The molecule has 0 saturated carbocycles. The van der Waals surface area contributed by atoms with Crippen molar-refractivity contribution in [3.8, 4) is 6.07 Å². The van der Waals surface area contributed by atoms with Crippen molar-refractivity contribution >= 4 is 23.0 Å². The van der Waals surface area contributed by atoms with Gasteiger partial charge in [-0.05, 0) is 24.2 Å². The lowest BCUT2D eigenvalue weighted by molar-refractivity contribution is 0.122. The van der Waals surface area contributed by atoms with Crippen molar-refractivity contribution in [2.45, 2.75) is 13.3 Å². The standard InChI is InChI=1S/C17H19N7O2/c1-10-13(14(19)15(20)16(21-10)23-25)8-12-3-2-11(9-18)17(22-12)24-4-6-26-7-5-24/h2-3H,4-8,20H2,1H3,(H2,19,21). The number of ether oxygens (including phenoxy) is 1. The molecule has 3 rings (SSSR count). The molecule has 134 valence electrons. The Balaban J connectivity index is 1.97. The molecule has 4 N–H and O–H groups in total. The van der Waals surface area contributed by atoms with E-state index >= 15 is 0 Å². The van der Waals surface area contributed by atoms with Crippen LogP contribution in [0.4, 0.5) is 23.0 Å². The summed E-state index contributed by atoms with van der Waals surface area (Å²) in [6.45, 7) is 4.31. The molecule has 3 heterocycles. The fraction of sp³-hybridized carbons (Fsp3) is 0.353. The van der Waals surface area contributed by atoms with Crippen molar-refractivity contribution in [3.05, 3.63) is 39.6 Å². The van der Waals surface area contributed by atoms with Gasteiger partial charge in [0.25, 0.3) is 0 Å². The predicted octanol–water partition coefficient (Wildman–Crippen LogP) is 1.65. The molecule has 2 aromatic rings. The third-order valence-corrected chi connectivity index (χ3v) is 4.37. The van der Waals surface area contributed by atoms with Crippen LogP contribution in [0.1, 0.15) is 22.5 Å². The molecule has 0 spiro atoms. The van der Waals surface area contributed by atoms with Crippen LogP contribution in [-0.2, 0) is 11.2 Å². The van der Waals surface area contributed by atoms with Crippen LogP contribution in [0.25, 0.3) is 0 Å². The summed E-state index contributed by atoms with van der Waals surface area (Å²) >= 11 is 0. The fourth-order valence-corrected chi connectivity index (χ4v) is 2.93. The van der Waals surface area contributed by atoms with Gasteiger partial charge in [0.1, 0.15) is 17.6 Å². The van der Waals surface area contributed by atoms with E-state index < -0.39 is 0 Å². The number of nitrogens with two attached hydrogens (primary N) is 2. The van der Waals surface area contributed by atoms with Crippen LogP contribution in [0.5, 0.6) is 0 Å². The van der Waals surface area contributed by atoms with Crippen molar-refractivity contribution in [2.24, 2.45) is 5.18 Å². The number of rotatable bonds is 4. The number of nitrogens with zero attached hydrogens (tertiary/aromatic N) is 5. The van der Waals surface area contributed by atoms with E-state index in [0.29, 0.717) is 55.4 Å². The van der Waals surface area contributed by atoms with Crippen LogP contribution in [0.3, 0.4) is 0 Å². The maximum absolute atomic E-state index is 10.8. The smallest absolute Gasteiger partial charge is 0.222 e. The summed E-state index contributed by atoms with van der Waals surface area (Å²) in [4.78, 5) is 21.6. The number of nitrogen functional groups attached to an aromatic ring is 2. The molecule has 1 aliphatic rings. The van der Waals surface area contributed by atoms with Gasteiger partial charge in [0.15, 0.2) is 0 Å². The number of morpholine rings is 1. The monoisotopic (exact) mass is 353 g/mol. The van der Waals surface area contributed by atoms with E-state index in [1.807, 2.05) is 4.90 Å². The first kappa shape index (κ1) is 17.6. The Bertz CT molecular complexity index is 886. The van der Waals surface area contributed by atoms with Crippen LogP contribution >= 0.6 is 0 Å². The van der Waals surface area contributed by atoms with Gasteiger partial charge in [-0.3, -0.25) is 0 Å². The molecule has 0 amide bonds. The number of anilines is 3. The van der Waals surface area contributed by atoms with Crippen LogP contribution < -0.4 is 16.4 Å². The molecule has 0 bridgehead atoms. The third kappa shape index (κ3) is 3.27. The molecule has 0 atom stereocenters. The Labute approximate surface area is 150 Å². The Kier molecular flexibility index (Phi) is 4.95. The van der Waals surface area contributed by atoms with Crippen LogP contribution in [0, 0.1) is 23.2 Å². The van der Waals surface area contributed by atoms with Gasteiger partial charge in [-0.2, -0.15) is 5.26 Å². The van der Waals surface area contributed by atoms with E-state index in [1.165, 1.54) is 0 Å². The number of hydrogen-bond acceptors (Lipinski definition) is 9. The minimum absolute atomic E-state index is 0.0719. The van der Waals surface area contributed by atoms with Crippen LogP contribution in [0.15, 0.2) is 17.3 Å². The molecular formula is C17H19N7O2. The Morgan fingerprint density at radius 2 is 2.00 bits per heavy atom. The Morgan fingerprint density at radius 3 is 2.65 bits per heavy atom. The number of nitriles is 1. The van der Waals surface area contributed by atoms with Gasteiger partial charge in [0.2, 0.25) is 5.82 Å². The topological polar surface area (TPSA) is 144 Å². The zero-order valence-electron chi connectivity index (χ0n) is 14.4. The van der Waals surface area contributed by atoms with Crippen molar-refractivity contribution in [1.82, 2.24) is 9.97 Å². The molecule has 26 heavy (non-hydrogen) atoms. The molecule has 2 aromatic heterocycles. The van der Waals surface area contributed by atoms with Crippen LogP contribution in [-0.4, -0.2) is 36.3 Å². The second kappa shape index (κ2) is 7.33. The number of nitroso groups, excluding NO2 is 1. The second-order valence-corrected chi connectivity index (χ2v) is 5.98. The highest BCUT2D eigenvalue weighted by Gasteiger charge is 2.19. The highest BCUT2D eigenvalue weighted by molar-refractivity contribution is 5.77. The predicted molar refractivity (Wildman–Crippen MR) is 98.0 cm³/mol. The highest BCUT2D eigenvalue weighted by atomic mass is 16.5. The number of aryl methyl sites for hydroxylation is 1. The first-order valence-corrected chi connectivity index (χ1v) is 8.15. The minimum atomic E-state index is -0.106. The van der Waals surface area contributed by atoms with Gasteiger partial charge in [-0.15, -0.1) is 4.91 Å². The quantitative estimate of drug-likeness (QED) is 0.789. The maximum atomic E-state index is 10.8. The molecule has 1 fully saturated rings. The highest BCUT2D eigenvalue weighted by Crippen LogP contribution is 2.32. The summed E-state index contributed by atoms with van der Waals surface area (Å²) in [6.07, 6.45) is 0.386. The lowest BCUT2D eigenvalue weighted by Gasteiger charge is -2.28. The molecule has 9 nitrogen and oxygen atoms in total. The summed E-state index contributed by atoms with van der Waals surface area (Å²) in [5.41, 5.74) is 14.8. The SMILES string of the molecule is Cc1nc(N=O)c(N)c(N)c1Cc1ccc(C#N)c(N2CCOCC2)n1. The van der Waals surface area contributed by atoms with Gasteiger partial charge in [0, 0.05) is 36.5 Å². The first-order valence-electron chi connectivity index (χ1n) is 8.15. The molecule has 9 heteroatoms. The summed E-state index contributed by atoms with van der Waals surface area (Å²) in [6, 6.07) is 5.71. The van der Waals surface area contributed by atoms with E-state index in [0.717, 1.165) is 5.69 Å². The van der Waals surface area contributed by atoms with E-state index in [2.05, 4.69) is 21.2 Å². The van der Waals surface area contributed by atoms with Crippen LogP contribution in [0.2, 0.25) is 0 Å². The van der Waals surface area contributed by atoms with Gasteiger partial charge in [-0.25, -0.2) is 9.97 Å². The van der Waals surface area contributed by atoms with Crippen molar-refractivity contribution < 1.29 is 4.74 Å². The maximum Gasteiger partial charge on any atom is 0.222 e. The summed E-state index contributed by atoms with van der Waals surface area (Å²) in [5.74, 6) is 0.530. The Morgan fingerprint density at radius 1 is 1.27 bits per heavy atom. The zero-order valence-corrected chi connectivity index (χ0v) is 14.4. The van der Waals surface area contributed by atoms with E-state index in [9.17, 15) is 10.2 Å². The normalized spacial score (nSPS) is 14.1. The first-order chi connectivity index (χ1) is 12.5. The van der Waals surface area contributed by atoms with Gasteiger partial charge in [0.05, 0.1) is 24.5 Å². The fourth-order valence-electron chi connectivity index (χ4n) is 2.93. The van der Waals surface area contributed by atoms with E-state index in [1.54, 1.807) is 19.1 Å². The molecule has 0 aliphatic carbocycles. The van der Waals surface area contributed by atoms with Crippen molar-refractivity contribution in [1.29, 1.82) is 5.26 Å². The van der Waals surface area contributed by atoms with Gasteiger partial charge in [-0.1, -0.05) is 0 Å². The van der Waals surface area contributed by atoms with Gasteiger partial charge >= 0.3 is 0 Å². The third-order valence-electron chi connectivity index (χ3n) is 4.37. The lowest BCUT2D eigenvalue weighted by Crippen LogP contribution is -2.37. The minimum Gasteiger partial charge on any atom is -0.397 e. The number of aromatic nitrogens is 2. The molecule has 1 saturated heterocycles.